The lowest BCUT2D eigenvalue weighted by Gasteiger charge is -2.22. The van der Waals surface area contributed by atoms with Crippen LogP contribution in [-0.2, 0) is 0 Å². The minimum absolute atomic E-state index is 0.0354. The average molecular weight is 325 g/mol. The summed E-state index contributed by atoms with van der Waals surface area (Å²) in [5.74, 6) is 0.553. The van der Waals surface area contributed by atoms with Gasteiger partial charge in [0.2, 0.25) is 5.82 Å². The number of aliphatic hydroxyl groups is 2. The summed E-state index contributed by atoms with van der Waals surface area (Å²) in [5.41, 5.74) is 2.55. The number of azo groups is 1. The molecule has 124 valence electrons. The maximum atomic E-state index is 9.09. The topological polar surface area (TPSA) is 97.1 Å². The first-order valence-corrected chi connectivity index (χ1v) is 7.73. The predicted octanol–water partition coefficient (Wildman–Crippen LogP) is 2.77. The molecule has 0 fully saturated rings. The summed E-state index contributed by atoms with van der Waals surface area (Å²) in [6, 6.07) is 15.2. The quantitative estimate of drug-likeness (QED) is 0.582. The summed E-state index contributed by atoms with van der Waals surface area (Å²) in [7, 11) is 0. The van der Waals surface area contributed by atoms with Crippen molar-refractivity contribution in [3.05, 3.63) is 48.5 Å². The molecular formula is C17H19N5O2. The Morgan fingerprint density at radius 1 is 0.917 bits per heavy atom. The Bertz CT molecular complexity index is 807. The monoisotopic (exact) mass is 325 g/mol. The van der Waals surface area contributed by atoms with Gasteiger partial charge in [0.15, 0.2) is 0 Å². The van der Waals surface area contributed by atoms with Gasteiger partial charge in [-0.1, -0.05) is 12.1 Å². The molecule has 0 atom stereocenters. The molecule has 24 heavy (non-hydrogen) atoms. The number of nitrogens with one attached hydrogen (secondary N) is 1. The molecule has 3 aromatic rings. The van der Waals surface area contributed by atoms with Gasteiger partial charge in [-0.05, 0) is 36.4 Å². The zero-order valence-corrected chi connectivity index (χ0v) is 13.1. The van der Waals surface area contributed by atoms with Crippen LogP contribution >= 0.6 is 0 Å². The third-order valence-corrected chi connectivity index (χ3v) is 3.67. The summed E-state index contributed by atoms with van der Waals surface area (Å²) < 4.78 is 0. The number of hydrogen-bond acceptors (Lipinski definition) is 6. The lowest BCUT2D eigenvalue weighted by molar-refractivity contribution is 0.281. The van der Waals surface area contributed by atoms with Crippen LogP contribution in [-0.4, -0.2) is 46.7 Å². The van der Waals surface area contributed by atoms with Crippen LogP contribution in [0.5, 0.6) is 0 Å². The first-order chi connectivity index (χ1) is 11.8. The van der Waals surface area contributed by atoms with Gasteiger partial charge in [0.25, 0.3) is 0 Å². The van der Waals surface area contributed by atoms with Crippen LogP contribution < -0.4 is 4.90 Å². The van der Waals surface area contributed by atoms with Gasteiger partial charge in [0, 0.05) is 24.2 Å². The minimum Gasteiger partial charge on any atom is -0.395 e. The highest BCUT2D eigenvalue weighted by molar-refractivity contribution is 5.87. The van der Waals surface area contributed by atoms with Crippen LogP contribution in [0.25, 0.3) is 10.9 Å². The molecule has 7 heteroatoms. The highest BCUT2D eigenvalue weighted by Crippen LogP contribution is 2.25. The van der Waals surface area contributed by atoms with Gasteiger partial charge < -0.3 is 15.1 Å². The Kier molecular flexibility index (Phi) is 5.15. The lowest BCUT2D eigenvalue weighted by Crippen LogP contribution is -2.29. The van der Waals surface area contributed by atoms with Crippen LogP contribution in [0.1, 0.15) is 0 Å². The normalized spacial score (nSPS) is 11.4. The molecule has 0 radical (unpaired) electrons. The van der Waals surface area contributed by atoms with Crippen molar-refractivity contribution in [3.63, 3.8) is 0 Å². The molecule has 3 N–H and O–H groups in total. The number of benzene rings is 2. The van der Waals surface area contributed by atoms with E-state index in [0.29, 0.717) is 24.6 Å². The fraction of sp³-hybridized carbons (Fsp3) is 0.235. The Labute approximate surface area is 139 Å². The van der Waals surface area contributed by atoms with E-state index in [0.717, 1.165) is 16.6 Å². The maximum Gasteiger partial charge on any atom is 0.203 e. The van der Waals surface area contributed by atoms with Gasteiger partial charge in [-0.3, -0.25) is 5.10 Å². The van der Waals surface area contributed by atoms with Crippen molar-refractivity contribution in [3.8, 4) is 0 Å². The van der Waals surface area contributed by atoms with E-state index in [9.17, 15) is 0 Å². The zero-order valence-electron chi connectivity index (χ0n) is 13.1. The van der Waals surface area contributed by atoms with Gasteiger partial charge in [0.05, 0.1) is 24.4 Å². The second-order valence-electron chi connectivity index (χ2n) is 5.24. The van der Waals surface area contributed by atoms with E-state index in [1.165, 1.54) is 0 Å². The van der Waals surface area contributed by atoms with Crippen LogP contribution in [0.4, 0.5) is 17.2 Å². The van der Waals surface area contributed by atoms with E-state index in [2.05, 4.69) is 20.4 Å². The van der Waals surface area contributed by atoms with Crippen LogP contribution in [0.3, 0.4) is 0 Å². The second-order valence-corrected chi connectivity index (χ2v) is 5.24. The molecule has 0 saturated heterocycles. The van der Waals surface area contributed by atoms with Crippen molar-refractivity contribution >= 4 is 28.1 Å². The maximum absolute atomic E-state index is 9.09. The Morgan fingerprint density at radius 2 is 1.62 bits per heavy atom. The van der Waals surface area contributed by atoms with Crippen LogP contribution in [0.2, 0.25) is 0 Å². The number of hydrogen-bond donors (Lipinski definition) is 3. The molecule has 0 bridgehead atoms. The number of nitrogens with zero attached hydrogens (tertiary/aromatic N) is 4. The standard InChI is InChI=1S/C17H19N5O2/c23-11-9-22(10-12-24)14-7-5-13(6-8-14)18-20-17-15-3-1-2-4-16(15)19-21-17/h1-8,23-24H,9-12H2,(H,19,21). The summed E-state index contributed by atoms with van der Waals surface area (Å²) in [6.45, 7) is 1.02. The molecule has 0 aliphatic heterocycles. The molecule has 7 nitrogen and oxygen atoms in total. The highest BCUT2D eigenvalue weighted by atomic mass is 16.3. The van der Waals surface area contributed by atoms with E-state index in [1.807, 2.05) is 53.4 Å². The second kappa shape index (κ2) is 7.67. The molecule has 2 aromatic carbocycles. The van der Waals surface area contributed by atoms with Crippen molar-refractivity contribution in [2.75, 3.05) is 31.2 Å². The van der Waals surface area contributed by atoms with Gasteiger partial charge in [0.1, 0.15) is 0 Å². The van der Waals surface area contributed by atoms with E-state index in [-0.39, 0.29) is 13.2 Å². The first kappa shape index (κ1) is 16.1. The number of para-hydroxylation sites is 1. The number of aliphatic hydroxyl groups excluding tert-OH is 2. The molecule has 0 aliphatic carbocycles. The molecule has 0 amide bonds. The zero-order chi connectivity index (χ0) is 16.8. The van der Waals surface area contributed by atoms with Crippen LogP contribution in [0.15, 0.2) is 58.8 Å². The predicted molar refractivity (Wildman–Crippen MR) is 93.1 cm³/mol. The van der Waals surface area contributed by atoms with E-state index < -0.39 is 0 Å². The Hall–Kier alpha value is -2.77. The number of aromatic amines is 1. The van der Waals surface area contributed by atoms with Crippen molar-refractivity contribution < 1.29 is 10.2 Å². The average Bonchev–Trinajstić information content (AvgIpc) is 3.03. The molecule has 1 heterocycles. The summed E-state index contributed by atoms with van der Waals surface area (Å²) >= 11 is 0. The number of rotatable bonds is 7. The highest BCUT2D eigenvalue weighted by Gasteiger charge is 2.06. The molecule has 3 rings (SSSR count). The van der Waals surface area contributed by atoms with Gasteiger partial charge in [-0.2, -0.15) is 5.10 Å². The summed E-state index contributed by atoms with van der Waals surface area (Å²) in [6.07, 6.45) is 0. The third kappa shape index (κ3) is 3.58. The molecular weight excluding hydrogens is 306 g/mol. The van der Waals surface area contributed by atoms with E-state index in [1.54, 1.807) is 0 Å². The van der Waals surface area contributed by atoms with Crippen LogP contribution in [0, 0.1) is 0 Å². The fourth-order valence-electron chi connectivity index (χ4n) is 2.47. The smallest absolute Gasteiger partial charge is 0.203 e. The summed E-state index contributed by atoms with van der Waals surface area (Å²) in [4.78, 5) is 1.90. The lowest BCUT2D eigenvalue weighted by atomic mass is 10.2. The van der Waals surface area contributed by atoms with E-state index in [4.69, 9.17) is 10.2 Å². The van der Waals surface area contributed by atoms with Crippen molar-refractivity contribution in [2.45, 2.75) is 0 Å². The number of aromatic nitrogens is 2. The van der Waals surface area contributed by atoms with Crippen molar-refractivity contribution in [1.29, 1.82) is 0 Å². The third-order valence-electron chi connectivity index (χ3n) is 3.67. The van der Waals surface area contributed by atoms with Gasteiger partial charge >= 0.3 is 0 Å². The minimum atomic E-state index is 0.0354. The number of H-pyrrole nitrogens is 1. The molecule has 0 saturated carbocycles. The van der Waals surface area contributed by atoms with Gasteiger partial charge in [-0.25, -0.2) is 0 Å². The summed E-state index contributed by atoms with van der Waals surface area (Å²) in [5, 5.41) is 34.6. The van der Waals surface area contributed by atoms with Gasteiger partial charge in [-0.15, -0.1) is 10.2 Å². The Morgan fingerprint density at radius 3 is 2.33 bits per heavy atom. The largest absolute Gasteiger partial charge is 0.395 e. The van der Waals surface area contributed by atoms with E-state index >= 15 is 0 Å². The van der Waals surface area contributed by atoms with Crippen molar-refractivity contribution in [2.24, 2.45) is 10.2 Å². The number of anilines is 1. The molecule has 0 spiro atoms. The molecule has 0 unspecified atom stereocenters. The molecule has 1 aromatic heterocycles. The fourth-order valence-corrected chi connectivity index (χ4v) is 2.47. The molecule has 0 aliphatic rings. The first-order valence-electron chi connectivity index (χ1n) is 7.73. The number of fused-ring (bicyclic) bond motifs is 1. The Balaban J connectivity index is 1.76. The van der Waals surface area contributed by atoms with Crippen molar-refractivity contribution in [1.82, 2.24) is 10.2 Å². The SMILES string of the molecule is OCCN(CCO)c1ccc(N=Nc2n[nH]c3ccccc23)cc1.